The molecule has 0 aliphatic rings. The van der Waals surface area contributed by atoms with Crippen LogP contribution in [0.25, 0.3) is 0 Å². The van der Waals surface area contributed by atoms with Gasteiger partial charge in [-0.2, -0.15) is 0 Å². The summed E-state index contributed by atoms with van der Waals surface area (Å²) in [4.78, 5) is 12.0. The zero-order valence-corrected chi connectivity index (χ0v) is 16.6. The fraction of sp³-hybridized carbons (Fsp3) is 0.381. The first-order valence-electron chi connectivity index (χ1n) is 8.83. The van der Waals surface area contributed by atoms with Crippen LogP contribution >= 0.6 is 0 Å². The van der Waals surface area contributed by atoms with Crippen LogP contribution < -0.4 is 15.2 Å². The Kier molecular flexibility index (Phi) is 6.96. The van der Waals surface area contributed by atoms with Gasteiger partial charge in [0.25, 0.3) is 0 Å². The number of aryl methyl sites for hydroxylation is 1. The summed E-state index contributed by atoms with van der Waals surface area (Å²) in [5, 5.41) is 0. The fourth-order valence-electron chi connectivity index (χ4n) is 3.12. The van der Waals surface area contributed by atoms with E-state index in [9.17, 15) is 13.6 Å². The number of esters is 1. The van der Waals surface area contributed by atoms with Crippen LogP contribution in [0.15, 0.2) is 30.3 Å². The van der Waals surface area contributed by atoms with E-state index in [1.54, 1.807) is 26.0 Å². The zero-order chi connectivity index (χ0) is 21.0. The lowest BCUT2D eigenvalue weighted by atomic mass is 9.84. The Morgan fingerprint density at radius 1 is 1.00 bits per heavy atom. The van der Waals surface area contributed by atoms with Gasteiger partial charge in [-0.3, -0.25) is 4.79 Å². The van der Waals surface area contributed by atoms with Crippen LogP contribution in [0.2, 0.25) is 0 Å². The van der Waals surface area contributed by atoms with Crippen LogP contribution in [0.1, 0.15) is 36.5 Å². The third kappa shape index (κ3) is 4.59. The number of hydrogen-bond donors (Lipinski definition) is 1. The second kappa shape index (κ2) is 9.01. The number of carbonyl (C=O) groups excluding carboxylic acids is 1. The van der Waals surface area contributed by atoms with Crippen LogP contribution in [-0.4, -0.2) is 32.3 Å². The molecule has 7 heteroatoms. The average Bonchev–Trinajstić information content (AvgIpc) is 2.64. The lowest BCUT2D eigenvalue weighted by Gasteiger charge is -2.28. The first-order valence-corrected chi connectivity index (χ1v) is 8.83. The summed E-state index contributed by atoms with van der Waals surface area (Å²) in [5.41, 5.74) is 6.51. The fourth-order valence-corrected chi connectivity index (χ4v) is 3.12. The molecule has 152 valence electrons. The highest BCUT2D eigenvalue weighted by Crippen LogP contribution is 2.37. The van der Waals surface area contributed by atoms with E-state index in [1.165, 1.54) is 39.3 Å². The number of benzene rings is 2. The minimum atomic E-state index is -0.889. The van der Waals surface area contributed by atoms with Crippen LogP contribution in [0.4, 0.5) is 8.78 Å². The van der Waals surface area contributed by atoms with Crippen molar-refractivity contribution >= 4 is 5.97 Å². The van der Waals surface area contributed by atoms with Gasteiger partial charge in [-0.25, -0.2) is 8.78 Å². The number of halogens is 2. The topological polar surface area (TPSA) is 70.8 Å². The van der Waals surface area contributed by atoms with E-state index in [-0.39, 0.29) is 11.1 Å². The average molecular weight is 393 g/mol. The maximum atomic E-state index is 15.0. The molecular formula is C21H25F2NO4. The quantitative estimate of drug-likeness (QED) is 0.727. The Hall–Kier alpha value is -2.67. The van der Waals surface area contributed by atoms with Gasteiger partial charge >= 0.3 is 5.97 Å². The highest BCUT2D eigenvalue weighted by molar-refractivity contribution is 5.75. The van der Waals surface area contributed by atoms with Gasteiger partial charge in [0.2, 0.25) is 0 Å². The molecule has 0 amide bonds. The second-order valence-electron chi connectivity index (χ2n) is 6.64. The van der Waals surface area contributed by atoms with Crippen LogP contribution in [0.5, 0.6) is 11.5 Å². The van der Waals surface area contributed by atoms with E-state index in [1.807, 2.05) is 0 Å². The minimum absolute atomic E-state index is 0.179. The summed E-state index contributed by atoms with van der Waals surface area (Å²) in [6, 6.07) is 6.29. The molecule has 0 saturated carbocycles. The Balaban J connectivity index is 2.62. The summed E-state index contributed by atoms with van der Waals surface area (Å²) >= 11 is 0. The van der Waals surface area contributed by atoms with Crippen LogP contribution in [0.3, 0.4) is 0 Å². The van der Waals surface area contributed by atoms with Gasteiger partial charge in [-0.1, -0.05) is 6.07 Å². The number of rotatable bonds is 7. The highest BCUT2D eigenvalue weighted by Gasteiger charge is 2.32. The summed E-state index contributed by atoms with van der Waals surface area (Å²) in [5.74, 6) is -2.05. The van der Waals surface area contributed by atoms with Gasteiger partial charge in [-0.05, 0) is 44.0 Å². The van der Waals surface area contributed by atoms with Crippen molar-refractivity contribution in [3.05, 3.63) is 58.7 Å². The molecule has 28 heavy (non-hydrogen) atoms. The first-order chi connectivity index (χ1) is 13.2. The standard InChI is InChI=1S/C21H25F2NO4/c1-11-8-15(27-5)10-18(23)19(11)20(13(3)28-21(25)12(2)24)16-7-6-14(26-4)9-17(16)22/h6-10,12-13,20H,24H2,1-5H3/t12-,13-,20?/m0/s1. The summed E-state index contributed by atoms with van der Waals surface area (Å²) in [6.45, 7) is 4.75. The number of carbonyl (C=O) groups is 1. The molecule has 0 aliphatic carbocycles. The smallest absolute Gasteiger partial charge is 0.322 e. The van der Waals surface area contributed by atoms with Gasteiger partial charge in [0.1, 0.15) is 35.3 Å². The molecule has 0 spiro atoms. The molecule has 3 atom stereocenters. The van der Waals surface area contributed by atoms with Crippen molar-refractivity contribution in [1.29, 1.82) is 0 Å². The Morgan fingerprint density at radius 2 is 1.61 bits per heavy atom. The summed E-state index contributed by atoms with van der Waals surface area (Å²) in [7, 11) is 2.85. The van der Waals surface area contributed by atoms with Crippen LogP contribution in [-0.2, 0) is 9.53 Å². The number of hydrogen-bond acceptors (Lipinski definition) is 5. The maximum absolute atomic E-state index is 15.0. The van der Waals surface area contributed by atoms with E-state index in [0.717, 1.165) is 0 Å². The van der Waals surface area contributed by atoms with E-state index in [0.29, 0.717) is 17.1 Å². The van der Waals surface area contributed by atoms with Crippen molar-refractivity contribution in [2.75, 3.05) is 14.2 Å². The lowest BCUT2D eigenvalue weighted by Crippen LogP contribution is -2.34. The molecule has 0 radical (unpaired) electrons. The van der Waals surface area contributed by atoms with E-state index in [2.05, 4.69) is 0 Å². The van der Waals surface area contributed by atoms with Gasteiger partial charge in [0, 0.05) is 17.7 Å². The third-order valence-corrected chi connectivity index (χ3v) is 4.54. The zero-order valence-electron chi connectivity index (χ0n) is 16.6. The SMILES string of the molecule is COc1ccc(C(c2c(C)cc(OC)cc2F)[C@H](C)OC(=O)[C@H](C)N)c(F)c1. The molecule has 0 aromatic heterocycles. The van der Waals surface area contributed by atoms with E-state index in [4.69, 9.17) is 19.9 Å². The first kappa shape index (κ1) is 21.6. The Morgan fingerprint density at radius 3 is 2.11 bits per heavy atom. The van der Waals surface area contributed by atoms with Crippen molar-refractivity contribution in [2.24, 2.45) is 5.73 Å². The second-order valence-corrected chi connectivity index (χ2v) is 6.64. The third-order valence-electron chi connectivity index (χ3n) is 4.54. The lowest BCUT2D eigenvalue weighted by molar-refractivity contribution is -0.150. The highest BCUT2D eigenvalue weighted by atomic mass is 19.1. The molecule has 0 heterocycles. The monoisotopic (exact) mass is 393 g/mol. The molecule has 1 unspecified atom stereocenters. The molecule has 5 nitrogen and oxygen atoms in total. The molecule has 0 saturated heterocycles. The summed E-state index contributed by atoms with van der Waals surface area (Å²) in [6.07, 6.45) is -0.872. The van der Waals surface area contributed by atoms with Crippen LogP contribution in [0, 0.1) is 18.6 Å². The van der Waals surface area contributed by atoms with Crippen molar-refractivity contribution in [1.82, 2.24) is 0 Å². The van der Waals surface area contributed by atoms with Crippen molar-refractivity contribution in [3.8, 4) is 11.5 Å². The molecule has 2 aromatic rings. The van der Waals surface area contributed by atoms with Crippen molar-refractivity contribution < 1.29 is 27.8 Å². The van der Waals surface area contributed by atoms with Crippen molar-refractivity contribution in [3.63, 3.8) is 0 Å². The van der Waals surface area contributed by atoms with Gasteiger partial charge in [0.05, 0.1) is 20.1 Å². The molecular weight excluding hydrogens is 368 g/mol. The Labute approximate surface area is 163 Å². The minimum Gasteiger partial charge on any atom is -0.497 e. The number of ether oxygens (including phenoxy) is 3. The predicted molar refractivity (Wildman–Crippen MR) is 102 cm³/mol. The summed E-state index contributed by atoms with van der Waals surface area (Å²) < 4.78 is 45.4. The predicted octanol–water partition coefficient (Wildman–Crippen LogP) is 3.70. The number of methoxy groups -OCH3 is 2. The molecule has 2 rings (SSSR count). The Bertz CT molecular complexity index is 831. The van der Waals surface area contributed by atoms with Gasteiger partial charge < -0.3 is 19.9 Å². The van der Waals surface area contributed by atoms with Gasteiger partial charge in [0.15, 0.2) is 0 Å². The van der Waals surface area contributed by atoms with E-state index >= 15 is 0 Å². The number of nitrogens with two attached hydrogens (primary N) is 1. The van der Waals surface area contributed by atoms with Crippen molar-refractivity contribution in [2.45, 2.75) is 38.8 Å². The van der Waals surface area contributed by atoms with E-state index < -0.39 is 35.7 Å². The molecule has 0 fully saturated rings. The van der Waals surface area contributed by atoms with Gasteiger partial charge in [-0.15, -0.1) is 0 Å². The maximum Gasteiger partial charge on any atom is 0.322 e. The molecule has 0 bridgehead atoms. The molecule has 0 aliphatic heterocycles. The molecule has 2 N–H and O–H groups in total. The normalized spacial score (nSPS) is 14.1. The largest absolute Gasteiger partial charge is 0.497 e. The molecule has 2 aromatic carbocycles.